The van der Waals surface area contributed by atoms with E-state index in [0.29, 0.717) is 18.4 Å². The third-order valence-corrected chi connectivity index (χ3v) is 9.35. The number of hydrogen-bond acceptors (Lipinski definition) is 6. The van der Waals surface area contributed by atoms with E-state index in [9.17, 15) is 34.2 Å². The first kappa shape index (κ1) is 23.9. The predicted octanol–water partition coefficient (Wildman–Crippen LogP) is 2.01. The Labute approximate surface area is 185 Å². The number of carbonyl (C=O) groups is 2. The second kappa shape index (κ2) is 7.14. The number of fused-ring (bicyclic) bond motifs is 5. The van der Waals surface area contributed by atoms with Gasteiger partial charge >= 0.3 is 7.82 Å². The number of hydrogen-bond donors (Lipinski definition) is 4. The molecule has 4 N–H and O–H groups in total. The van der Waals surface area contributed by atoms with Crippen molar-refractivity contribution in [1.82, 2.24) is 0 Å². The van der Waals surface area contributed by atoms with Crippen molar-refractivity contribution < 1.29 is 43.1 Å². The van der Waals surface area contributed by atoms with Crippen molar-refractivity contribution in [1.29, 1.82) is 0 Å². The van der Waals surface area contributed by atoms with E-state index in [4.69, 9.17) is 0 Å². The van der Waals surface area contributed by atoms with Gasteiger partial charge < -0.3 is 20.0 Å². The van der Waals surface area contributed by atoms with Crippen LogP contribution in [0.1, 0.15) is 46.5 Å². The van der Waals surface area contributed by atoms with Crippen LogP contribution in [-0.4, -0.2) is 55.5 Å². The molecular weight excluding hydrogens is 442 g/mol. The van der Waals surface area contributed by atoms with Crippen molar-refractivity contribution in [2.24, 2.45) is 28.6 Å². The van der Waals surface area contributed by atoms with Gasteiger partial charge in [-0.15, -0.1) is 0 Å². The van der Waals surface area contributed by atoms with E-state index in [2.05, 4.69) is 4.52 Å². The van der Waals surface area contributed by atoms with E-state index >= 15 is 4.39 Å². The summed E-state index contributed by atoms with van der Waals surface area (Å²) in [6, 6.07) is 0. The molecule has 3 saturated carbocycles. The average Bonchev–Trinajstić information content (AvgIpc) is 2.69. The Morgan fingerprint density at radius 2 is 1.91 bits per heavy atom. The lowest BCUT2D eigenvalue weighted by Crippen LogP contribution is -2.74. The molecule has 8 atom stereocenters. The lowest BCUT2D eigenvalue weighted by atomic mass is 9.40. The third kappa shape index (κ3) is 3.02. The highest BCUT2D eigenvalue weighted by Gasteiger charge is 2.74. The molecule has 0 saturated heterocycles. The number of phosphoric acid groups is 1. The van der Waals surface area contributed by atoms with E-state index in [0.717, 1.165) is 0 Å². The molecule has 178 valence electrons. The quantitative estimate of drug-likeness (QED) is 0.457. The van der Waals surface area contributed by atoms with Gasteiger partial charge in [-0.2, -0.15) is 0 Å². The molecule has 0 heterocycles. The minimum atomic E-state index is -4.99. The van der Waals surface area contributed by atoms with Crippen LogP contribution in [0, 0.1) is 28.6 Å². The van der Waals surface area contributed by atoms with Gasteiger partial charge in [-0.1, -0.05) is 25.5 Å². The van der Waals surface area contributed by atoms with Crippen LogP contribution in [-0.2, 0) is 18.7 Å². The number of carbonyl (C=O) groups excluding carboxylic acids is 2. The van der Waals surface area contributed by atoms with Gasteiger partial charge in [0.05, 0.1) is 12.7 Å². The smallest absolute Gasteiger partial charge is 0.390 e. The molecule has 0 aromatic carbocycles. The number of Topliss-reactive ketones (excluding diaryl/α,β-unsaturated/α-hetero) is 1. The average molecular weight is 472 g/mol. The fourth-order valence-corrected chi connectivity index (χ4v) is 7.42. The molecule has 0 aromatic heterocycles. The minimum Gasteiger partial charge on any atom is -0.390 e. The molecular formula is C22H30FO8P. The number of ketones is 2. The van der Waals surface area contributed by atoms with Gasteiger partial charge in [0.1, 0.15) is 0 Å². The zero-order valence-corrected chi connectivity index (χ0v) is 19.2. The van der Waals surface area contributed by atoms with Crippen LogP contribution in [0.15, 0.2) is 23.8 Å². The summed E-state index contributed by atoms with van der Waals surface area (Å²) in [5.41, 5.74) is -6.39. The summed E-state index contributed by atoms with van der Waals surface area (Å²) in [6.45, 7) is 3.90. The molecule has 4 aliphatic carbocycles. The third-order valence-electron chi connectivity index (χ3n) is 8.88. The molecule has 0 spiro atoms. The minimum absolute atomic E-state index is 0.226. The van der Waals surface area contributed by atoms with Crippen LogP contribution >= 0.6 is 7.82 Å². The van der Waals surface area contributed by atoms with E-state index in [1.807, 2.05) is 0 Å². The van der Waals surface area contributed by atoms with E-state index < -0.39 is 66.2 Å². The molecule has 0 radical (unpaired) electrons. The summed E-state index contributed by atoms with van der Waals surface area (Å²) >= 11 is 0. The fraction of sp³-hybridized carbons (Fsp3) is 0.727. The van der Waals surface area contributed by atoms with Gasteiger partial charge in [0.25, 0.3) is 0 Å². The van der Waals surface area contributed by atoms with Crippen molar-refractivity contribution in [3.8, 4) is 0 Å². The summed E-state index contributed by atoms with van der Waals surface area (Å²) in [5.74, 6) is -2.84. The van der Waals surface area contributed by atoms with Crippen LogP contribution in [0.5, 0.6) is 0 Å². The van der Waals surface area contributed by atoms with Crippen molar-refractivity contribution in [2.45, 2.75) is 63.8 Å². The highest BCUT2D eigenvalue weighted by Crippen LogP contribution is 2.68. The molecule has 32 heavy (non-hydrogen) atoms. The van der Waals surface area contributed by atoms with Crippen molar-refractivity contribution >= 4 is 19.4 Å². The SMILES string of the molecule is C[C@H]1CC2[C@@H]3CCC4=CC(=O)C=C[C@]4(C)[C@@]3(F)[C@@H](O)C[C@]2(C)[C@](O)(COP(=O)(O)O)C1=O. The van der Waals surface area contributed by atoms with Gasteiger partial charge in [-0.25, -0.2) is 8.96 Å². The molecule has 0 aliphatic heterocycles. The monoisotopic (exact) mass is 472 g/mol. The first-order valence-electron chi connectivity index (χ1n) is 10.9. The van der Waals surface area contributed by atoms with Crippen molar-refractivity contribution in [3.05, 3.63) is 23.8 Å². The maximum absolute atomic E-state index is 17.1. The van der Waals surface area contributed by atoms with E-state index in [1.165, 1.54) is 18.2 Å². The van der Waals surface area contributed by atoms with Gasteiger partial charge in [-0.05, 0) is 50.7 Å². The van der Waals surface area contributed by atoms with Gasteiger partial charge in [0.2, 0.25) is 0 Å². The standard InChI is InChI=1S/C22H30FO8P/c1-12-8-16-15-5-4-13-9-14(24)6-7-19(13,2)22(15,23)17(25)10-20(16,3)21(27,18(12)26)11-31-32(28,29)30/h6-7,9,12,15-17,25,27H,4-5,8,10-11H2,1-3H3,(H2,28,29,30)/t12-,15-,16?,17-,19-,20-,21-,22-/m0/s1. The molecule has 10 heteroatoms. The highest BCUT2D eigenvalue weighted by molar-refractivity contribution is 7.46. The first-order chi connectivity index (χ1) is 14.6. The van der Waals surface area contributed by atoms with Crippen LogP contribution in [0.3, 0.4) is 0 Å². The zero-order chi connectivity index (χ0) is 23.9. The Balaban J connectivity index is 1.81. The molecule has 0 bridgehead atoms. The summed E-state index contributed by atoms with van der Waals surface area (Å²) in [7, 11) is -4.99. The number of halogens is 1. The zero-order valence-electron chi connectivity index (χ0n) is 18.3. The van der Waals surface area contributed by atoms with Gasteiger partial charge in [0, 0.05) is 22.7 Å². The predicted molar refractivity (Wildman–Crippen MR) is 111 cm³/mol. The molecule has 4 rings (SSSR count). The highest BCUT2D eigenvalue weighted by atomic mass is 31.2. The number of rotatable bonds is 3. The molecule has 0 amide bonds. The maximum Gasteiger partial charge on any atom is 0.469 e. The largest absolute Gasteiger partial charge is 0.469 e. The second-order valence-electron chi connectivity index (χ2n) is 10.4. The van der Waals surface area contributed by atoms with Gasteiger partial charge in [-0.3, -0.25) is 14.1 Å². The van der Waals surface area contributed by atoms with Gasteiger partial charge in [0.15, 0.2) is 22.8 Å². The maximum atomic E-state index is 17.1. The Bertz CT molecular complexity index is 973. The number of aliphatic hydroxyl groups excluding tert-OH is 1. The van der Waals surface area contributed by atoms with Crippen molar-refractivity contribution in [3.63, 3.8) is 0 Å². The number of alkyl halides is 1. The first-order valence-corrected chi connectivity index (χ1v) is 12.4. The van der Waals surface area contributed by atoms with E-state index in [1.54, 1.807) is 20.8 Å². The van der Waals surface area contributed by atoms with Crippen molar-refractivity contribution in [2.75, 3.05) is 6.61 Å². The van der Waals surface area contributed by atoms with Crippen LogP contribution in [0.25, 0.3) is 0 Å². The van der Waals surface area contributed by atoms with Crippen LogP contribution < -0.4 is 0 Å². The molecule has 4 aliphatic rings. The Hall–Kier alpha value is -1.22. The Morgan fingerprint density at radius 1 is 1.25 bits per heavy atom. The van der Waals surface area contributed by atoms with E-state index in [-0.39, 0.29) is 18.6 Å². The molecule has 8 nitrogen and oxygen atoms in total. The normalized spacial score (nSPS) is 48.6. The number of allylic oxidation sites excluding steroid dienone is 4. The lowest BCUT2D eigenvalue weighted by molar-refractivity contribution is -0.254. The summed E-state index contributed by atoms with van der Waals surface area (Å²) in [5, 5.41) is 22.7. The topological polar surface area (TPSA) is 141 Å². The Kier molecular flexibility index (Phi) is 5.34. The van der Waals surface area contributed by atoms with Crippen LogP contribution in [0.4, 0.5) is 4.39 Å². The van der Waals surface area contributed by atoms with Crippen LogP contribution in [0.2, 0.25) is 0 Å². The summed E-state index contributed by atoms with van der Waals surface area (Å²) < 4.78 is 33.0. The summed E-state index contributed by atoms with van der Waals surface area (Å²) in [6.07, 6.45) is 3.39. The lowest BCUT2D eigenvalue weighted by Gasteiger charge is -2.66. The molecule has 0 aromatic rings. The number of phosphoric ester groups is 1. The number of aliphatic hydroxyl groups is 2. The molecule has 3 fully saturated rings. The molecule has 1 unspecified atom stereocenters. The fourth-order valence-electron chi connectivity index (χ4n) is 7.06. The Morgan fingerprint density at radius 3 is 2.53 bits per heavy atom. The summed E-state index contributed by atoms with van der Waals surface area (Å²) in [4.78, 5) is 43.3. The second-order valence-corrected chi connectivity index (χ2v) is 11.6.